The first-order valence-corrected chi connectivity index (χ1v) is 9.36. The summed E-state index contributed by atoms with van der Waals surface area (Å²) in [6.07, 6.45) is 3.30. The molecule has 0 bridgehead atoms. The van der Waals surface area contributed by atoms with E-state index in [1.54, 1.807) is 11.8 Å². The number of benzene rings is 1. The minimum Gasteiger partial charge on any atom is -0.326 e. The van der Waals surface area contributed by atoms with Crippen molar-refractivity contribution in [2.45, 2.75) is 32.7 Å². The van der Waals surface area contributed by atoms with Crippen molar-refractivity contribution >= 4 is 35.3 Å². The zero-order valence-corrected chi connectivity index (χ0v) is 15.0. The van der Waals surface area contributed by atoms with Gasteiger partial charge in [-0.05, 0) is 42.9 Å². The molecule has 1 aliphatic rings. The van der Waals surface area contributed by atoms with Gasteiger partial charge < -0.3 is 10.6 Å². The first-order valence-electron chi connectivity index (χ1n) is 7.97. The average molecular weight is 349 g/mol. The number of carbonyl (C=O) groups is 3. The lowest BCUT2D eigenvalue weighted by Gasteiger charge is -2.16. The maximum absolute atomic E-state index is 12.3. The topological polar surface area (TPSA) is 78.5 Å². The Morgan fingerprint density at radius 1 is 1.38 bits per heavy atom. The number of anilines is 1. The molecule has 2 N–H and O–H groups in total. The fourth-order valence-electron chi connectivity index (χ4n) is 2.68. The van der Waals surface area contributed by atoms with Crippen LogP contribution in [0.5, 0.6) is 0 Å². The molecule has 0 radical (unpaired) electrons. The van der Waals surface area contributed by atoms with Crippen molar-refractivity contribution in [2.75, 3.05) is 23.9 Å². The van der Waals surface area contributed by atoms with E-state index in [0.29, 0.717) is 6.42 Å². The van der Waals surface area contributed by atoms with Crippen molar-refractivity contribution in [1.29, 1.82) is 0 Å². The van der Waals surface area contributed by atoms with Gasteiger partial charge in [-0.2, -0.15) is 11.8 Å². The van der Waals surface area contributed by atoms with Gasteiger partial charge in [0.05, 0.1) is 0 Å². The van der Waals surface area contributed by atoms with Crippen LogP contribution in [0.25, 0.3) is 0 Å². The van der Waals surface area contributed by atoms with Gasteiger partial charge in [0.1, 0.15) is 12.6 Å². The van der Waals surface area contributed by atoms with E-state index in [4.69, 9.17) is 0 Å². The van der Waals surface area contributed by atoms with Crippen molar-refractivity contribution in [3.05, 3.63) is 29.3 Å². The van der Waals surface area contributed by atoms with Gasteiger partial charge in [-0.1, -0.05) is 25.1 Å². The third-order valence-electron chi connectivity index (χ3n) is 4.02. The van der Waals surface area contributed by atoms with Gasteiger partial charge in [0.15, 0.2) is 0 Å². The molecule has 0 unspecified atom stereocenters. The Morgan fingerprint density at radius 2 is 2.12 bits per heavy atom. The lowest BCUT2D eigenvalue weighted by Crippen LogP contribution is -2.38. The van der Waals surface area contributed by atoms with Crippen LogP contribution in [0.4, 0.5) is 10.5 Å². The number of rotatable bonds is 7. The smallest absolute Gasteiger partial charge is 0.325 e. The molecule has 0 saturated carbocycles. The van der Waals surface area contributed by atoms with Crippen LogP contribution in [0.3, 0.4) is 0 Å². The predicted octanol–water partition coefficient (Wildman–Crippen LogP) is 2.17. The molecule has 130 valence electrons. The minimum atomic E-state index is -0.526. The number of thioether (sulfide) groups is 1. The van der Waals surface area contributed by atoms with Gasteiger partial charge in [0.25, 0.3) is 5.91 Å². The molecule has 1 atom stereocenters. The number of urea groups is 1. The number of aryl methyl sites for hydroxylation is 2. The highest BCUT2D eigenvalue weighted by Gasteiger charge is 2.38. The van der Waals surface area contributed by atoms with Gasteiger partial charge in [-0.15, -0.1) is 0 Å². The summed E-state index contributed by atoms with van der Waals surface area (Å²) < 4.78 is 0. The van der Waals surface area contributed by atoms with E-state index in [1.165, 1.54) is 0 Å². The Kier molecular flexibility index (Phi) is 6.25. The first-order chi connectivity index (χ1) is 11.5. The average Bonchev–Trinajstić information content (AvgIpc) is 2.82. The summed E-state index contributed by atoms with van der Waals surface area (Å²) in [5, 5.41) is 5.47. The zero-order chi connectivity index (χ0) is 17.7. The molecule has 4 amide bonds. The van der Waals surface area contributed by atoms with Gasteiger partial charge in [0.2, 0.25) is 5.91 Å². The van der Waals surface area contributed by atoms with Crippen LogP contribution in [0, 0.1) is 6.92 Å². The number of imide groups is 1. The van der Waals surface area contributed by atoms with Crippen LogP contribution >= 0.6 is 11.8 Å². The van der Waals surface area contributed by atoms with E-state index < -0.39 is 12.1 Å². The molecule has 1 aliphatic heterocycles. The number of hydrogen-bond donors (Lipinski definition) is 2. The molecule has 1 aromatic rings. The number of nitrogens with one attached hydrogen (secondary N) is 2. The molecular formula is C17H23N3O3S. The van der Waals surface area contributed by atoms with Gasteiger partial charge in [-0.25, -0.2) is 4.79 Å². The Balaban J connectivity index is 2.03. The van der Waals surface area contributed by atoms with Crippen LogP contribution in [-0.4, -0.2) is 47.3 Å². The van der Waals surface area contributed by atoms with Crippen molar-refractivity contribution < 1.29 is 14.4 Å². The fraction of sp³-hybridized carbons (Fsp3) is 0.471. The largest absolute Gasteiger partial charge is 0.326 e. The van der Waals surface area contributed by atoms with Crippen LogP contribution < -0.4 is 10.6 Å². The molecule has 1 aromatic carbocycles. The monoisotopic (exact) mass is 349 g/mol. The van der Waals surface area contributed by atoms with Crippen LogP contribution in [0.2, 0.25) is 0 Å². The number of amides is 4. The summed E-state index contributed by atoms with van der Waals surface area (Å²) in [5.74, 6) is 0.0810. The molecule has 0 spiro atoms. The normalized spacial score (nSPS) is 17.1. The highest BCUT2D eigenvalue weighted by Crippen LogP contribution is 2.21. The SMILES string of the molecule is CCc1cccc(C)c1NC(=O)CN1C(=O)N[C@@H](CCSC)C1=O. The number of nitrogens with zero attached hydrogens (tertiary/aromatic N) is 1. The van der Waals surface area contributed by atoms with Crippen molar-refractivity contribution in [3.8, 4) is 0 Å². The third-order valence-corrected chi connectivity index (χ3v) is 4.67. The third kappa shape index (κ3) is 4.08. The number of hydrogen-bond acceptors (Lipinski definition) is 4. The molecule has 7 heteroatoms. The molecule has 24 heavy (non-hydrogen) atoms. The van der Waals surface area contributed by atoms with Gasteiger partial charge in [0, 0.05) is 5.69 Å². The highest BCUT2D eigenvalue weighted by molar-refractivity contribution is 7.98. The standard InChI is InChI=1S/C17H23N3O3S/c1-4-12-7-5-6-11(2)15(12)19-14(21)10-20-16(22)13(8-9-24-3)18-17(20)23/h5-7,13H,4,8-10H2,1-3H3,(H,18,23)(H,19,21)/t13-/m0/s1. The molecule has 0 aromatic heterocycles. The highest BCUT2D eigenvalue weighted by atomic mass is 32.2. The van der Waals surface area contributed by atoms with Crippen LogP contribution in [-0.2, 0) is 16.0 Å². The number of carbonyl (C=O) groups excluding carboxylic acids is 3. The molecule has 2 rings (SSSR count). The molecule has 1 heterocycles. The summed E-state index contributed by atoms with van der Waals surface area (Å²) in [6, 6.07) is 4.79. The summed E-state index contributed by atoms with van der Waals surface area (Å²) in [5.41, 5.74) is 2.74. The van der Waals surface area contributed by atoms with Crippen LogP contribution in [0.1, 0.15) is 24.5 Å². The Labute approximate surface area is 146 Å². The summed E-state index contributed by atoms with van der Waals surface area (Å²) in [7, 11) is 0. The lowest BCUT2D eigenvalue weighted by atomic mass is 10.1. The maximum Gasteiger partial charge on any atom is 0.325 e. The first kappa shape index (κ1) is 18.3. The number of para-hydroxylation sites is 1. The molecule has 6 nitrogen and oxygen atoms in total. The zero-order valence-electron chi connectivity index (χ0n) is 14.2. The Morgan fingerprint density at radius 3 is 2.79 bits per heavy atom. The molecule has 0 aliphatic carbocycles. The Bertz CT molecular complexity index is 648. The predicted molar refractivity (Wildman–Crippen MR) is 96.2 cm³/mol. The second-order valence-electron chi connectivity index (χ2n) is 5.72. The summed E-state index contributed by atoms with van der Waals surface area (Å²) in [4.78, 5) is 37.5. The van der Waals surface area contributed by atoms with E-state index in [-0.39, 0.29) is 18.4 Å². The van der Waals surface area contributed by atoms with Crippen molar-refractivity contribution in [1.82, 2.24) is 10.2 Å². The van der Waals surface area contributed by atoms with Crippen molar-refractivity contribution in [3.63, 3.8) is 0 Å². The molecule has 1 fully saturated rings. The summed E-state index contributed by atoms with van der Waals surface area (Å²) >= 11 is 1.61. The lowest BCUT2D eigenvalue weighted by molar-refractivity contribution is -0.130. The van der Waals surface area contributed by atoms with E-state index in [1.807, 2.05) is 38.3 Å². The second-order valence-corrected chi connectivity index (χ2v) is 6.70. The van der Waals surface area contributed by atoms with E-state index >= 15 is 0 Å². The maximum atomic E-state index is 12.3. The fourth-order valence-corrected chi connectivity index (χ4v) is 3.15. The van der Waals surface area contributed by atoms with Gasteiger partial charge in [-0.3, -0.25) is 14.5 Å². The van der Waals surface area contributed by atoms with Crippen LogP contribution in [0.15, 0.2) is 18.2 Å². The van der Waals surface area contributed by atoms with E-state index in [2.05, 4.69) is 10.6 Å². The Hall–Kier alpha value is -2.02. The van der Waals surface area contributed by atoms with E-state index in [9.17, 15) is 14.4 Å². The summed E-state index contributed by atoms with van der Waals surface area (Å²) in [6.45, 7) is 3.66. The molecular weight excluding hydrogens is 326 g/mol. The second kappa shape index (κ2) is 8.19. The van der Waals surface area contributed by atoms with Crippen molar-refractivity contribution in [2.24, 2.45) is 0 Å². The van der Waals surface area contributed by atoms with Gasteiger partial charge >= 0.3 is 6.03 Å². The van der Waals surface area contributed by atoms with E-state index in [0.717, 1.165) is 33.9 Å². The molecule has 1 saturated heterocycles. The minimum absolute atomic E-state index is 0.266. The quantitative estimate of drug-likeness (QED) is 0.740.